The Morgan fingerprint density at radius 1 is 1.14 bits per heavy atom. The number of sulfonamides is 1. The van der Waals surface area contributed by atoms with E-state index in [-0.39, 0.29) is 11.4 Å². The second-order valence-corrected chi connectivity index (χ2v) is 8.53. The van der Waals surface area contributed by atoms with Crippen LogP contribution in [0.1, 0.15) is 18.1 Å². The molecule has 5 nitrogen and oxygen atoms in total. The molecule has 0 radical (unpaired) electrons. The molecule has 0 saturated carbocycles. The highest BCUT2D eigenvalue weighted by atomic mass is 35.5. The summed E-state index contributed by atoms with van der Waals surface area (Å²) in [5, 5.41) is 2.73. The number of rotatable bonds is 5. The summed E-state index contributed by atoms with van der Waals surface area (Å²) in [6.45, 7) is 3.05. The predicted molar refractivity (Wildman–Crippen MR) is 103 cm³/mol. The SMILES string of the molecule is Cc1ccc(Cl)cc1N([C@H](C)C(=O)Nc1ccc(C(F)(F)F)cc1)S(C)(=O)=O. The van der Waals surface area contributed by atoms with E-state index < -0.39 is 33.7 Å². The Hall–Kier alpha value is -2.26. The van der Waals surface area contributed by atoms with Gasteiger partial charge in [0.05, 0.1) is 17.5 Å². The van der Waals surface area contributed by atoms with E-state index in [0.717, 1.165) is 34.8 Å². The molecule has 0 saturated heterocycles. The molecule has 1 N–H and O–H groups in total. The molecule has 2 aromatic rings. The number of hydrogen-bond donors (Lipinski definition) is 1. The summed E-state index contributed by atoms with van der Waals surface area (Å²) in [7, 11) is -3.85. The highest BCUT2D eigenvalue weighted by molar-refractivity contribution is 7.92. The fourth-order valence-electron chi connectivity index (χ4n) is 2.59. The number of nitrogens with one attached hydrogen (secondary N) is 1. The van der Waals surface area contributed by atoms with Crippen molar-refractivity contribution in [1.29, 1.82) is 0 Å². The van der Waals surface area contributed by atoms with Crippen molar-refractivity contribution in [2.24, 2.45) is 0 Å². The number of hydrogen-bond acceptors (Lipinski definition) is 3. The van der Waals surface area contributed by atoms with Crippen LogP contribution >= 0.6 is 11.6 Å². The molecule has 0 aliphatic carbocycles. The standard InChI is InChI=1S/C18H18ClF3N2O3S/c1-11-4-7-14(19)10-16(11)24(28(3,26)27)12(2)17(25)23-15-8-5-13(6-9-15)18(20,21)22/h4-10,12H,1-3H3,(H,23,25)/t12-/m1/s1. The Kier molecular flexibility index (Phi) is 6.30. The fourth-order valence-corrected chi connectivity index (χ4v) is 3.98. The van der Waals surface area contributed by atoms with Gasteiger partial charge < -0.3 is 5.32 Å². The molecular formula is C18H18ClF3N2O3S. The summed E-state index contributed by atoms with van der Waals surface area (Å²) in [6, 6.07) is 7.33. The molecule has 0 aliphatic rings. The molecule has 0 heterocycles. The highest BCUT2D eigenvalue weighted by Gasteiger charge is 2.32. The van der Waals surface area contributed by atoms with Crippen molar-refractivity contribution in [3.63, 3.8) is 0 Å². The van der Waals surface area contributed by atoms with Gasteiger partial charge in [-0.1, -0.05) is 17.7 Å². The summed E-state index contributed by atoms with van der Waals surface area (Å²) in [5.41, 5.74) is 0.0843. The van der Waals surface area contributed by atoms with Gasteiger partial charge in [-0.05, 0) is 55.8 Å². The topological polar surface area (TPSA) is 66.5 Å². The number of nitrogens with zero attached hydrogens (tertiary/aromatic N) is 1. The molecule has 28 heavy (non-hydrogen) atoms. The largest absolute Gasteiger partial charge is 0.416 e. The summed E-state index contributed by atoms with van der Waals surface area (Å²) in [6.07, 6.45) is -3.54. The molecular weight excluding hydrogens is 417 g/mol. The van der Waals surface area contributed by atoms with Crippen LogP contribution in [0.15, 0.2) is 42.5 Å². The lowest BCUT2D eigenvalue weighted by Crippen LogP contribution is -2.45. The van der Waals surface area contributed by atoms with E-state index in [9.17, 15) is 26.4 Å². The van der Waals surface area contributed by atoms with Crippen molar-refractivity contribution in [3.05, 3.63) is 58.6 Å². The molecule has 0 aromatic heterocycles. The van der Waals surface area contributed by atoms with Crippen LogP contribution in [0.3, 0.4) is 0 Å². The Morgan fingerprint density at radius 2 is 1.71 bits per heavy atom. The molecule has 152 valence electrons. The lowest BCUT2D eigenvalue weighted by Gasteiger charge is -2.29. The van der Waals surface area contributed by atoms with Gasteiger partial charge in [0.2, 0.25) is 15.9 Å². The number of anilines is 2. The number of halogens is 4. The van der Waals surface area contributed by atoms with Gasteiger partial charge in [0, 0.05) is 10.7 Å². The molecule has 0 aliphatic heterocycles. The van der Waals surface area contributed by atoms with E-state index >= 15 is 0 Å². The molecule has 2 aromatic carbocycles. The minimum absolute atomic E-state index is 0.112. The Labute approximate surface area is 166 Å². The molecule has 0 bridgehead atoms. The number of aryl methyl sites for hydroxylation is 1. The summed E-state index contributed by atoms with van der Waals surface area (Å²) < 4.78 is 63.5. The van der Waals surface area contributed by atoms with E-state index in [0.29, 0.717) is 10.6 Å². The van der Waals surface area contributed by atoms with Gasteiger partial charge in [-0.2, -0.15) is 13.2 Å². The molecule has 0 fully saturated rings. The Bertz CT molecular complexity index is 977. The molecule has 1 amide bonds. The maximum absolute atomic E-state index is 12.6. The van der Waals surface area contributed by atoms with Crippen molar-refractivity contribution in [2.45, 2.75) is 26.1 Å². The Morgan fingerprint density at radius 3 is 2.21 bits per heavy atom. The van der Waals surface area contributed by atoms with E-state index in [1.54, 1.807) is 19.1 Å². The van der Waals surface area contributed by atoms with Crippen molar-refractivity contribution in [2.75, 3.05) is 15.9 Å². The van der Waals surface area contributed by atoms with Crippen LogP contribution in [0.2, 0.25) is 5.02 Å². The first-order valence-corrected chi connectivity index (χ1v) is 10.3. The maximum atomic E-state index is 12.6. The van der Waals surface area contributed by atoms with Crippen LogP contribution < -0.4 is 9.62 Å². The minimum Gasteiger partial charge on any atom is -0.324 e. The van der Waals surface area contributed by atoms with Gasteiger partial charge in [-0.15, -0.1) is 0 Å². The van der Waals surface area contributed by atoms with Crippen molar-refractivity contribution in [1.82, 2.24) is 0 Å². The third-order valence-electron chi connectivity index (χ3n) is 3.98. The van der Waals surface area contributed by atoms with E-state index in [1.165, 1.54) is 13.0 Å². The Balaban J connectivity index is 2.31. The number of carbonyl (C=O) groups is 1. The molecule has 2 rings (SSSR count). The van der Waals surface area contributed by atoms with Crippen molar-refractivity contribution >= 4 is 38.9 Å². The first-order valence-electron chi connectivity index (χ1n) is 8.04. The first kappa shape index (κ1) is 22.0. The number of carbonyl (C=O) groups excluding carboxylic acids is 1. The van der Waals surface area contributed by atoms with E-state index in [4.69, 9.17) is 11.6 Å². The lowest BCUT2D eigenvalue weighted by atomic mass is 10.1. The third-order valence-corrected chi connectivity index (χ3v) is 5.44. The van der Waals surface area contributed by atoms with Crippen molar-refractivity contribution < 1.29 is 26.4 Å². The summed E-state index contributed by atoms with van der Waals surface area (Å²) in [4.78, 5) is 12.6. The van der Waals surface area contributed by atoms with Gasteiger partial charge in [-0.25, -0.2) is 8.42 Å². The molecule has 0 unspecified atom stereocenters. The van der Waals surface area contributed by atoms with Crippen LogP contribution in [0.4, 0.5) is 24.5 Å². The lowest BCUT2D eigenvalue weighted by molar-refractivity contribution is -0.137. The zero-order chi connectivity index (χ0) is 21.3. The maximum Gasteiger partial charge on any atom is 0.416 e. The van der Waals surface area contributed by atoms with Crippen LogP contribution in [0.25, 0.3) is 0 Å². The van der Waals surface area contributed by atoms with Crippen LogP contribution in [0.5, 0.6) is 0 Å². The smallest absolute Gasteiger partial charge is 0.324 e. The molecule has 1 atom stereocenters. The molecule has 0 spiro atoms. The zero-order valence-corrected chi connectivity index (χ0v) is 16.8. The number of benzene rings is 2. The normalized spacial score (nSPS) is 13.1. The van der Waals surface area contributed by atoms with Gasteiger partial charge in [0.15, 0.2) is 0 Å². The van der Waals surface area contributed by atoms with E-state index in [1.807, 2.05) is 0 Å². The van der Waals surface area contributed by atoms with E-state index in [2.05, 4.69) is 5.32 Å². The minimum atomic E-state index is -4.49. The average molecular weight is 435 g/mol. The monoisotopic (exact) mass is 434 g/mol. The van der Waals surface area contributed by atoms with Gasteiger partial charge in [-0.3, -0.25) is 9.10 Å². The zero-order valence-electron chi connectivity index (χ0n) is 15.2. The van der Waals surface area contributed by atoms with Crippen LogP contribution in [-0.4, -0.2) is 26.6 Å². The quantitative estimate of drug-likeness (QED) is 0.755. The second-order valence-electron chi connectivity index (χ2n) is 6.23. The first-order chi connectivity index (χ1) is 12.8. The predicted octanol–water partition coefficient (Wildman–Crippen LogP) is 4.46. The number of alkyl halides is 3. The second kappa shape index (κ2) is 8.00. The summed E-state index contributed by atoms with van der Waals surface area (Å²) in [5.74, 6) is -0.704. The van der Waals surface area contributed by atoms with Crippen LogP contribution in [-0.2, 0) is 21.0 Å². The number of amides is 1. The van der Waals surface area contributed by atoms with Gasteiger partial charge >= 0.3 is 6.18 Å². The van der Waals surface area contributed by atoms with Crippen molar-refractivity contribution in [3.8, 4) is 0 Å². The third kappa shape index (κ3) is 5.17. The highest BCUT2D eigenvalue weighted by Crippen LogP contribution is 2.31. The van der Waals surface area contributed by atoms with Crippen LogP contribution in [0, 0.1) is 6.92 Å². The van der Waals surface area contributed by atoms with Gasteiger partial charge in [0.1, 0.15) is 6.04 Å². The fraction of sp³-hybridized carbons (Fsp3) is 0.278. The van der Waals surface area contributed by atoms with Gasteiger partial charge in [0.25, 0.3) is 0 Å². The molecule has 10 heteroatoms. The average Bonchev–Trinajstić information content (AvgIpc) is 2.56. The summed E-state index contributed by atoms with van der Waals surface area (Å²) >= 11 is 5.96.